The van der Waals surface area contributed by atoms with E-state index in [0.717, 1.165) is 0 Å². The van der Waals surface area contributed by atoms with Crippen LogP contribution in [-0.4, -0.2) is 82.0 Å². The summed E-state index contributed by atoms with van der Waals surface area (Å²) < 4.78 is 5.67. The highest BCUT2D eigenvalue weighted by atomic mass is 16.5. The number of benzene rings is 2. The van der Waals surface area contributed by atoms with Crippen molar-refractivity contribution in [1.29, 1.82) is 0 Å². The fourth-order valence-electron chi connectivity index (χ4n) is 4.96. The summed E-state index contributed by atoms with van der Waals surface area (Å²) in [6.45, 7) is 2.23. The second kappa shape index (κ2) is 13.2. The highest BCUT2D eigenvalue weighted by Gasteiger charge is 2.35. The van der Waals surface area contributed by atoms with E-state index in [1.807, 2.05) is 0 Å². The number of Topliss-reactive ketones (excluding diaryl/α,β-unsaturated/α-hetero) is 1. The molecule has 220 valence electrons. The lowest BCUT2D eigenvalue weighted by molar-refractivity contribution is -0.162. The average Bonchev–Trinajstić information content (AvgIpc) is 3.39. The summed E-state index contributed by atoms with van der Waals surface area (Å²) in [6, 6.07) is 13.0. The van der Waals surface area contributed by atoms with E-state index in [0.29, 0.717) is 41.5 Å². The molecule has 2 heterocycles. The topological polar surface area (TPSA) is 201 Å². The number of aliphatic carboxylic acids is 1. The molecular weight excluding hydrogens is 546 g/mol. The number of rotatable bonds is 11. The van der Waals surface area contributed by atoms with Crippen LogP contribution in [0.15, 0.2) is 58.7 Å². The fourth-order valence-corrected chi connectivity index (χ4v) is 4.96. The maximum Gasteiger partial charge on any atom is 0.354 e. The van der Waals surface area contributed by atoms with Crippen LogP contribution in [0.4, 0.5) is 5.69 Å². The highest BCUT2D eigenvalue weighted by molar-refractivity contribution is 6.45. The van der Waals surface area contributed by atoms with E-state index in [9.17, 15) is 29.1 Å². The van der Waals surface area contributed by atoms with Crippen LogP contribution >= 0.6 is 0 Å². The number of ketones is 1. The molecular formula is C29H31N5O8. The van der Waals surface area contributed by atoms with E-state index >= 15 is 0 Å². The Morgan fingerprint density at radius 3 is 2.38 bits per heavy atom. The third kappa shape index (κ3) is 6.69. The van der Waals surface area contributed by atoms with Gasteiger partial charge in [-0.2, -0.15) is 0 Å². The molecule has 0 saturated carbocycles. The fraction of sp³-hybridized carbons (Fsp3) is 0.345. The zero-order chi connectivity index (χ0) is 30.4. The lowest BCUT2D eigenvalue weighted by Crippen LogP contribution is -2.50. The molecule has 2 aromatic rings. The van der Waals surface area contributed by atoms with E-state index in [2.05, 4.69) is 15.5 Å². The Morgan fingerprint density at radius 2 is 1.76 bits per heavy atom. The Hall–Kier alpha value is -4.91. The van der Waals surface area contributed by atoms with Crippen molar-refractivity contribution in [1.82, 2.24) is 10.2 Å². The zero-order valence-corrected chi connectivity index (χ0v) is 22.8. The predicted octanol–water partition coefficient (Wildman–Crippen LogP) is 1.59. The Balaban J connectivity index is 1.28. The van der Waals surface area contributed by atoms with Gasteiger partial charge in [0.1, 0.15) is 12.0 Å². The number of carboxylic acid groups (broad SMARTS) is 1. The van der Waals surface area contributed by atoms with Gasteiger partial charge < -0.3 is 35.8 Å². The van der Waals surface area contributed by atoms with Crippen LogP contribution in [0, 0.1) is 5.92 Å². The molecule has 0 radical (unpaired) electrons. The number of hydrogen-bond donors (Lipinski definition) is 4. The van der Waals surface area contributed by atoms with Crippen molar-refractivity contribution in [2.75, 3.05) is 13.1 Å². The van der Waals surface area contributed by atoms with E-state index < -0.39 is 36.0 Å². The van der Waals surface area contributed by atoms with Crippen molar-refractivity contribution in [3.8, 4) is 0 Å². The number of nitrogens with two attached hydrogens (primary N) is 1. The number of nitrogens with zero attached hydrogens (tertiary/aromatic N) is 3. The summed E-state index contributed by atoms with van der Waals surface area (Å²) in [5, 5.41) is 23.7. The van der Waals surface area contributed by atoms with E-state index in [4.69, 9.17) is 15.7 Å². The highest BCUT2D eigenvalue weighted by Crippen LogP contribution is 2.34. The normalized spacial score (nSPS) is 18.4. The van der Waals surface area contributed by atoms with Gasteiger partial charge >= 0.3 is 5.97 Å². The molecule has 13 heteroatoms. The lowest BCUT2D eigenvalue weighted by Gasteiger charge is -2.34. The number of piperidine rings is 1. The summed E-state index contributed by atoms with van der Waals surface area (Å²) >= 11 is 0. The van der Waals surface area contributed by atoms with Crippen LogP contribution in [-0.2, 0) is 23.9 Å². The predicted molar refractivity (Wildman–Crippen MR) is 150 cm³/mol. The second-order valence-corrected chi connectivity index (χ2v) is 10.1. The molecule has 2 unspecified atom stereocenters. The number of amidine groups is 1. The summed E-state index contributed by atoms with van der Waals surface area (Å²) in [5.74, 6) is -4.25. The van der Waals surface area contributed by atoms with Crippen LogP contribution in [0.5, 0.6) is 0 Å². The number of para-hydroxylation sites is 1. The number of oxime groups is 1. The molecule has 3 atom stereocenters. The van der Waals surface area contributed by atoms with Crippen LogP contribution in [0.3, 0.4) is 0 Å². The number of carbonyl (C=O) groups excluding carboxylic acids is 4. The number of amides is 2. The Labute approximate surface area is 241 Å². The third-order valence-corrected chi connectivity index (χ3v) is 7.27. The molecule has 0 aliphatic carbocycles. The maximum atomic E-state index is 13.0. The minimum absolute atomic E-state index is 0.0131. The van der Waals surface area contributed by atoms with Crippen molar-refractivity contribution < 1.29 is 39.0 Å². The molecule has 2 aliphatic rings. The number of carboxylic acids is 1. The van der Waals surface area contributed by atoms with Gasteiger partial charge in [0.2, 0.25) is 12.1 Å². The number of carbonyl (C=O) groups is 5. The van der Waals surface area contributed by atoms with Gasteiger partial charge in [-0.05, 0) is 24.5 Å². The van der Waals surface area contributed by atoms with Gasteiger partial charge in [0.25, 0.3) is 5.91 Å². The molecule has 5 N–H and O–H groups in total. The van der Waals surface area contributed by atoms with Crippen LogP contribution < -0.4 is 11.1 Å². The standard InChI is InChI=1S/C29H31N5O8/c1-16(14-23(36)17-6-8-18(9-7-17)25(30)33-41)28(38)34-12-10-19(11-13-34)42-27(29(39)40)32-26(37)24-21(15-35)20-4-2-3-5-22(20)31-24/h2-9,15-16,19,21,27,41H,10-14H2,1H3,(H2,30,33)(H,32,37)(H,39,40)/t16?,21?,27-/m0/s1. The van der Waals surface area contributed by atoms with Crippen molar-refractivity contribution in [3.63, 3.8) is 0 Å². The van der Waals surface area contributed by atoms with Crippen molar-refractivity contribution in [2.24, 2.45) is 21.8 Å². The molecule has 0 bridgehead atoms. The van der Waals surface area contributed by atoms with Crippen LogP contribution in [0.2, 0.25) is 0 Å². The molecule has 13 nitrogen and oxygen atoms in total. The molecule has 4 rings (SSSR count). The first-order chi connectivity index (χ1) is 20.1. The van der Waals surface area contributed by atoms with Gasteiger partial charge in [-0.3, -0.25) is 14.4 Å². The number of aldehydes is 1. The molecule has 1 saturated heterocycles. The van der Waals surface area contributed by atoms with Gasteiger partial charge in [-0.15, -0.1) is 0 Å². The third-order valence-electron chi connectivity index (χ3n) is 7.27. The molecule has 0 aromatic heterocycles. The van der Waals surface area contributed by atoms with Crippen molar-refractivity contribution in [2.45, 2.75) is 44.4 Å². The van der Waals surface area contributed by atoms with Crippen LogP contribution in [0.25, 0.3) is 0 Å². The van der Waals surface area contributed by atoms with Crippen molar-refractivity contribution in [3.05, 3.63) is 65.2 Å². The minimum Gasteiger partial charge on any atom is -0.478 e. The molecule has 2 aromatic carbocycles. The lowest BCUT2D eigenvalue weighted by atomic mass is 9.96. The number of ether oxygens (including phenoxy) is 1. The number of nitrogens with one attached hydrogen (secondary N) is 1. The van der Waals surface area contributed by atoms with E-state index in [1.54, 1.807) is 60.4 Å². The first-order valence-electron chi connectivity index (χ1n) is 13.3. The second-order valence-electron chi connectivity index (χ2n) is 10.1. The smallest absolute Gasteiger partial charge is 0.354 e. The largest absolute Gasteiger partial charge is 0.478 e. The quantitative estimate of drug-likeness (QED) is 0.0582. The van der Waals surface area contributed by atoms with E-state index in [1.165, 1.54) is 0 Å². The Bertz CT molecular complexity index is 1430. The van der Waals surface area contributed by atoms with Gasteiger partial charge in [-0.1, -0.05) is 54.5 Å². The summed E-state index contributed by atoms with van der Waals surface area (Å²) in [4.78, 5) is 67.9. The summed E-state index contributed by atoms with van der Waals surface area (Å²) in [7, 11) is 0. The van der Waals surface area contributed by atoms with Gasteiger partial charge in [0.05, 0.1) is 17.7 Å². The minimum atomic E-state index is -1.68. The number of likely N-dealkylation sites (tertiary alicyclic amines) is 1. The Kier molecular flexibility index (Phi) is 9.42. The van der Waals surface area contributed by atoms with Gasteiger partial charge in [0, 0.05) is 36.6 Å². The van der Waals surface area contributed by atoms with Gasteiger partial charge in [0.15, 0.2) is 11.6 Å². The van der Waals surface area contributed by atoms with E-state index in [-0.39, 0.29) is 42.7 Å². The summed E-state index contributed by atoms with van der Waals surface area (Å²) in [5.41, 5.74) is 7.31. The molecule has 0 spiro atoms. The Morgan fingerprint density at radius 1 is 1.12 bits per heavy atom. The van der Waals surface area contributed by atoms with Crippen LogP contribution in [0.1, 0.15) is 53.6 Å². The molecule has 2 amide bonds. The van der Waals surface area contributed by atoms with Crippen molar-refractivity contribution >= 4 is 47.1 Å². The van der Waals surface area contributed by atoms with Gasteiger partial charge in [-0.25, -0.2) is 9.79 Å². The number of aliphatic imine (C=N–C) groups is 1. The molecule has 1 fully saturated rings. The molecule has 2 aliphatic heterocycles. The average molecular weight is 578 g/mol. The SMILES string of the molecule is CC(CC(=O)c1ccc(/C(N)=N/O)cc1)C(=O)N1CCC(O[C@H](NC(=O)C2=Nc3ccccc3C2C=O)C(=O)O)CC1. The monoisotopic (exact) mass is 577 g/mol. The number of hydrogen-bond acceptors (Lipinski definition) is 9. The number of fused-ring (bicyclic) bond motifs is 1. The molecule has 42 heavy (non-hydrogen) atoms. The first-order valence-corrected chi connectivity index (χ1v) is 13.3. The maximum absolute atomic E-state index is 13.0. The zero-order valence-electron chi connectivity index (χ0n) is 22.8. The summed E-state index contributed by atoms with van der Waals surface area (Å²) in [6.07, 6.45) is -1.01. The first kappa shape index (κ1) is 30.1.